The molecule has 106 valence electrons. The first-order valence-corrected chi connectivity index (χ1v) is 7.21. The zero-order valence-corrected chi connectivity index (χ0v) is 12.1. The molecular formula is C16H14N2O2S. The largest absolute Gasteiger partial charge is 0.341 e. The Bertz CT molecular complexity index is 672. The molecule has 0 aliphatic rings. The van der Waals surface area contributed by atoms with Gasteiger partial charge in [-0.15, -0.1) is 17.8 Å². The molecule has 0 unspecified atom stereocenters. The molecule has 1 heterocycles. The van der Waals surface area contributed by atoms with Gasteiger partial charge in [0, 0.05) is 4.88 Å². The van der Waals surface area contributed by atoms with E-state index in [9.17, 15) is 9.59 Å². The predicted molar refractivity (Wildman–Crippen MR) is 84.3 cm³/mol. The molecule has 0 aliphatic heterocycles. The summed E-state index contributed by atoms with van der Waals surface area (Å²) in [6.07, 6.45) is 5.41. The van der Waals surface area contributed by atoms with Crippen molar-refractivity contribution >= 4 is 28.8 Å². The van der Waals surface area contributed by atoms with Crippen LogP contribution in [-0.4, -0.2) is 18.4 Å². The first kappa shape index (κ1) is 14.8. The molecule has 0 bridgehead atoms. The first-order chi connectivity index (χ1) is 10.2. The second-order valence-corrected chi connectivity index (χ2v) is 5.27. The van der Waals surface area contributed by atoms with Crippen LogP contribution in [-0.2, 0) is 11.2 Å². The van der Waals surface area contributed by atoms with E-state index in [1.807, 2.05) is 17.5 Å². The van der Waals surface area contributed by atoms with E-state index in [0.717, 1.165) is 4.88 Å². The predicted octanol–water partition coefficient (Wildman–Crippen LogP) is 2.29. The molecule has 5 heteroatoms. The average Bonchev–Trinajstić information content (AvgIpc) is 2.98. The molecule has 2 rings (SSSR count). The first-order valence-electron chi connectivity index (χ1n) is 6.33. The van der Waals surface area contributed by atoms with Crippen molar-refractivity contribution in [2.45, 2.75) is 6.42 Å². The molecule has 0 atom stereocenters. The molecule has 2 amide bonds. The third kappa shape index (κ3) is 4.20. The van der Waals surface area contributed by atoms with Crippen LogP contribution in [0.1, 0.15) is 15.2 Å². The van der Waals surface area contributed by atoms with Crippen molar-refractivity contribution < 1.29 is 9.59 Å². The molecule has 0 aliphatic carbocycles. The Balaban J connectivity index is 2.07. The second-order valence-electron chi connectivity index (χ2n) is 4.24. The summed E-state index contributed by atoms with van der Waals surface area (Å²) in [6, 6.07) is 10.6. The van der Waals surface area contributed by atoms with E-state index < -0.39 is 0 Å². The highest BCUT2D eigenvalue weighted by Crippen LogP contribution is 2.16. The van der Waals surface area contributed by atoms with Crippen LogP contribution in [0.25, 0.3) is 0 Å². The highest BCUT2D eigenvalue weighted by molar-refractivity contribution is 7.10. The van der Waals surface area contributed by atoms with Crippen molar-refractivity contribution in [3.05, 3.63) is 52.2 Å². The maximum absolute atomic E-state index is 12.0. The number of nitrogens with one attached hydrogen (secondary N) is 2. The summed E-state index contributed by atoms with van der Waals surface area (Å²) in [4.78, 5) is 24.9. The molecule has 0 spiro atoms. The van der Waals surface area contributed by atoms with Crippen molar-refractivity contribution in [1.82, 2.24) is 5.32 Å². The molecule has 0 saturated carbocycles. The van der Waals surface area contributed by atoms with Gasteiger partial charge in [0.25, 0.3) is 5.91 Å². The van der Waals surface area contributed by atoms with Crippen LogP contribution in [0.5, 0.6) is 0 Å². The van der Waals surface area contributed by atoms with Gasteiger partial charge in [-0.2, -0.15) is 0 Å². The summed E-state index contributed by atoms with van der Waals surface area (Å²) >= 11 is 1.52. The van der Waals surface area contributed by atoms with Crippen LogP contribution in [0.4, 0.5) is 5.69 Å². The smallest absolute Gasteiger partial charge is 0.254 e. The van der Waals surface area contributed by atoms with E-state index in [-0.39, 0.29) is 24.8 Å². The van der Waals surface area contributed by atoms with Gasteiger partial charge in [0.2, 0.25) is 5.91 Å². The molecule has 2 N–H and O–H groups in total. The Morgan fingerprint density at radius 2 is 2.00 bits per heavy atom. The van der Waals surface area contributed by atoms with Crippen molar-refractivity contribution in [3.63, 3.8) is 0 Å². The summed E-state index contributed by atoms with van der Waals surface area (Å²) in [7, 11) is 0. The fraction of sp³-hybridized carbons (Fsp3) is 0.125. The van der Waals surface area contributed by atoms with Gasteiger partial charge in [-0.05, 0) is 23.6 Å². The number of amides is 2. The maximum Gasteiger partial charge on any atom is 0.254 e. The van der Waals surface area contributed by atoms with Crippen LogP contribution >= 0.6 is 11.3 Å². The molecule has 0 fully saturated rings. The lowest BCUT2D eigenvalue weighted by Crippen LogP contribution is -2.25. The standard InChI is InChI=1S/C16H14N2O2S/c1-2-9-17-16(20)13-7-3-4-8-14(13)18-15(19)11-12-6-5-10-21-12/h1,3-8,10H,9,11H2,(H,17,20)(H,18,19). The normalized spacial score (nSPS) is 9.67. The average molecular weight is 298 g/mol. The van der Waals surface area contributed by atoms with Gasteiger partial charge in [-0.1, -0.05) is 24.1 Å². The molecule has 21 heavy (non-hydrogen) atoms. The molecule has 0 radical (unpaired) electrons. The number of para-hydroxylation sites is 1. The van der Waals surface area contributed by atoms with Crippen LogP contribution in [0.3, 0.4) is 0 Å². The highest BCUT2D eigenvalue weighted by Gasteiger charge is 2.12. The second kappa shape index (κ2) is 7.27. The number of carbonyl (C=O) groups is 2. The number of hydrogen-bond acceptors (Lipinski definition) is 3. The number of carbonyl (C=O) groups excluding carboxylic acids is 2. The molecule has 2 aromatic rings. The number of thiophene rings is 1. The summed E-state index contributed by atoms with van der Waals surface area (Å²) in [5.74, 6) is 1.88. The fourth-order valence-corrected chi connectivity index (χ4v) is 2.49. The summed E-state index contributed by atoms with van der Waals surface area (Å²) in [6.45, 7) is 0.149. The Morgan fingerprint density at radius 1 is 1.19 bits per heavy atom. The van der Waals surface area contributed by atoms with Crippen LogP contribution in [0.2, 0.25) is 0 Å². The van der Waals surface area contributed by atoms with Gasteiger partial charge in [0.05, 0.1) is 24.2 Å². The Kier molecular flexibility index (Phi) is 5.13. The summed E-state index contributed by atoms with van der Waals surface area (Å²) in [5, 5.41) is 7.27. The third-order valence-electron chi connectivity index (χ3n) is 2.71. The third-order valence-corrected chi connectivity index (χ3v) is 3.59. The van der Waals surface area contributed by atoms with Crippen molar-refractivity contribution in [2.24, 2.45) is 0 Å². The number of hydrogen-bond donors (Lipinski definition) is 2. The minimum atomic E-state index is -0.306. The monoisotopic (exact) mass is 298 g/mol. The fourth-order valence-electron chi connectivity index (χ4n) is 1.78. The highest BCUT2D eigenvalue weighted by atomic mass is 32.1. The van der Waals surface area contributed by atoms with E-state index in [2.05, 4.69) is 16.6 Å². The van der Waals surface area contributed by atoms with Crippen molar-refractivity contribution in [2.75, 3.05) is 11.9 Å². The van der Waals surface area contributed by atoms with Gasteiger partial charge >= 0.3 is 0 Å². The number of benzene rings is 1. The minimum absolute atomic E-state index is 0.149. The molecule has 0 saturated heterocycles. The SMILES string of the molecule is C#CCNC(=O)c1ccccc1NC(=O)Cc1cccs1. The lowest BCUT2D eigenvalue weighted by molar-refractivity contribution is -0.115. The number of anilines is 1. The van der Waals surface area contributed by atoms with Crippen LogP contribution in [0, 0.1) is 12.3 Å². The maximum atomic E-state index is 12.0. The number of terminal acetylenes is 1. The van der Waals surface area contributed by atoms with E-state index >= 15 is 0 Å². The topological polar surface area (TPSA) is 58.2 Å². The van der Waals surface area contributed by atoms with Crippen molar-refractivity contribution in [1.29, 1.82) is 0 Å². The molecule has 1 aromatic heterocycles. The Morgan fingerprint density at radius 3 is 2.71 bits per heavy atom. The Hall–Kier alpha value is -2.58. The van der Waals surface area contributed by atoms with Gasteiger partial charge in [0.1, 0.15) is 0 Å². The number of rotatable bonds is 5. The van der Waals surface area contributed by atoms with Crippen LogP contribution in [0.15, 0.2) is 41.8 Å². The molecular weight excluding hydrogens is 284 g/mol. The zero-order valence-electron chi connectivity index (χ0n) is 11.3. The molecule has 1 aromatic carbocycles. The van der Waals surface area contributed by atoms with Gasteiger partial charge in [-0.3, -0.25) is 9.59 Å². The minimum Gasteiger partial charge on any atom is -0.341 e. The van der Waals surface area contributed by atoms with E-state index in [1.165, 1.54) is 11.3 Å². The van der Waals surface area contributed by atoms with Crippen molar-refractivity contribution in [3.8, 4) is 12.3 Å². The lowest BCUT2D eigenvalue weighted by Gasteiger charge is -2.10. The Labute approximate surface area is 127 Å². The lowest BCUT2D eigenvalue weighted by atomic mass is 10.1. The van der Waals surface area contributed by atoms with Crippen LogP contribution < -0.4 is 10.6 Å². The van der Waals surface area contributed by atoms with E-state index in [0.29, 0.717) is 11.3 Å². The zero-order chi connectivity index (χ0) is 15.1. The molecule has 4 nitrogen and oxygen atoms in total. The summed E-state index contributed by atoms with van der Waals surface area (Å²) in [5.41, 5.74) is 0.876. The summed E-state index contributed by atoms with van der Waals surface area (Å²) < 4.78 is 0. The van der Waals surface area contributed by atoms with Gasteiger partial charge < -0.3 is 10.6 Å². The van der Waals surface area contributed by atoms with E-state index in [4.69, 9.17) is 6.42 Å². The quantitative estimate of drug-likeness (QED) is 0.832. The van der Waals surface area contributed by atoms with Gasteiger partial charge in [-0.25, -0.2) is 0 Å². The van der Waals surface area contributed by atoms with Gasteiger partial charge in [0.15, 0.2) is 0 Å². The van der Waals surface area contributed by atoms with E-state index in [1.54, 1.807) is 24.3 Å².